The minimum absolute atomic E-state index is 0.0787. The highest BCUT2D eigenvalue weighted by molar-refractivity contribution is 5.82. The van der Waals surface area contributed by atoms with Gasteiger partial charge in [0.25, 0.3) is 0 Å². The molecule has 1 aliphatic rings. The second kappa shape index (κ2) is 6.45. The Morgan fingerprint density at radius 1 is 1.08 bits per heavy atom. The molecule has 0 bridgehead atoms. The third kappa shape index (κ3) is 4.72. The largest absolute Gasteiger partial charge is 0.458 e. The first-order valence-corrected chi connectivity index (χ1v) is 8.18. The number of likely N-dealkylation sites (tertiary alicyclic amines) is 1. The number of hydrogen-bond acceptors (Lipinski definition) is 5. The smallest absolute Gasteiger partial charge is 0.411 e. The quantitative estimate of drug-likeness (QED) is 0.776. The minimum Gasteiger partial charge on any atom is -0.458 e. The molecule has 2 heterocycles. The Labute approximate surface area is 142 Å². The average molecular weight is 337 g/mol. The van der Waals surface area contributed by atoms with Gasteiger partial charge in [-0.2, -0.15) is 5.10 Å². The normalized spacial score (nSPS) is 21.7. The van der Waals surface area contributed by atoms with Crippen LogP contribution < -0.4 is 0 Å². The molecule has 0 saturated carbocycles. The van der Waals surface area contributed by atoms with Crippen LogP contribution in [0.2, 0.25) is 0 Å². The zero-order valence-corrected chi connectivity index (χ0v) is 15.3. The molecule has 0 N–H and O–H groups in total. The van der Waals surface area contributed by atoms with Crippen molar-refractivity contribution in [2.75, 3.05) is 6.54 Å². The number of nitrogens with zero attached hydrogens (tertiary/aromatic N) is 3. The molecule has 2 rings (SSSR count). The van der Waals surface area contributed by atoms with Crippen LogP contribution in [0.5, 0.6) is 0 Å². The molecule has 1 aliphatic heterocycles. The second-order valence-electron chi connectivity index (χ2n) is 8.06. The zero-order valence-electron chi connectivity index (χ0n) is 15.3. The van der Waals surface area contributed by atoms with Crippen molar-refractivity contribution in [3.8, 4) is 0 Å². The molecule has 0 aliphatic carbocycles. The van der Waals surface area contributed by atoms with Gasteiger partial charge < -0.3 is 9.47 Å². The van der Waals surface area contributed by atoms with Crippen LogP contribution in [-0.2, 0) is 14.3 Å². The van der Waals surface area contributed by atoms with Crippen molar-refractivity contribution in [3.05, 3.63) is 18.5 Å². The fraction of sp³-hybridized carbons (Fsp3) is 0.706. The van der Waals surface area contributed by atoms with Crippen LogP contribution in [0, 0.1) is 0 Å². The van der Waals surface area contributed by atoms with Crippen molar-refractivity contribution >= 4 is 12.1 Å². The Morgan fingerprint density at radius 2 is 1.71 bits per heavy atom. The summed E-state index contributed by atoms with van der Waals surface area (Å²) in [5.74, 6) is -0.414. The predicted octanol–water partition coefficient (Wildman–Crippen LogP) is 2.78. The summed E-state index contributed by atoms with van der Waals surface area (Å²) in [5, 5.41) is 4.22. The first-order chi connectivity index (χ1) is 11.0. The summed E-state index contributed by atoms with van der Waals surface area (Å²) >= 11 is 0. The Bertz CT molecular complexity index is 548. The van der Waals surface area contributed by atoms with E-state index in [1.807, 2.05) is 33.0 Å². The molecule has 134 valence electrons. The van der Waals surface area contributed by atoms with Crippen molar-refractivity contribution < 1.29 is 19.1 Å². The maximum Gasteiger partial charge on any atom is 0.411 e. The lowest BCUT2D eigenvalue weighted by atomic mass is 10.1. The van der Waals surface area contributed by atoms with Crippen LogP contribution in [-0.4, -0.2) is 50.5 Å². The second-order valence-corrected chi connectivity index (χ2v) is 8.06. The number of hydrogen-bond donors (Lipinski definition) is 0. The third-order valence-electron chi connectivity index (χ3n) is 3.48. The van der Waals surface area contributed by atoms with Crippen LogP contribution in [0.1, 0.15) is 54.0 Å². The summed E-state index contributed by atoms with van der Waals surface area (Å²) in [5.41, 5.74) is -1.24. The SMILES string of the molecule is CC(C)(C)OC(=O)[C@@H]1CC(n2cccn2)CN1C(=O)OC(C)(C)C. The lowest BCUT2D eigenvalue weighted by Gasteiger charge is -2.29. The van der Waals surface area contributed by atoms with Gasteiger partial charge in [0.05, 0.1) is 6.04 Å². The van der Waals surface area contributed by atoms with E-state index in [2.05, 4.69) is 5.10 Å². The number of rotatable bonds is 2. The third-order valence-corrected chi connectivity index (χ3v) is 3.48. The molecule has 0 spiro atoms. The Morgan fingerprint density at radius 3 is 2.21 bits per heavy atom. The van der Waals surface area contributed by atoms with Crippen LogP contribution in [0.15, 0.2) is 18.5 Å². The molecule has 1 fully saturated rings. The molecule has 2 atom stereocenters. The Kier molecular flexibility index (Phi) is 4.92. The monoisotopic (exact) mass is 337 g/mol. The van der Waals surface area contributed by atoms with Gasteiger partial charge in [-0.25, -0.2) is 9.59 Å². The summed E-state index contributed by atoms with van der Waals surface area (Å²) in [7, 11) is 0. The number of aromatic nitrogens is 2. The van der Waals surface area contributed by atoms with Crippen LogP contribution in [0.25, 0.3) is 0 Å². The molecule has 7 heteroatoms. The summed E-state index contributed by atoms with van der Waals surface area (Å²) in [6, 6.07) is 1.07. The van der Waals surface area contributed by atoms with Crippen LogP contribution in [0.4, 0.5) is 4.79 Å². The van der Waals surface area contributed by atoms with Crippen molar-refractivity contribution in [3.63, 3.8) is 0 Å². The predicted molar refractivity (Wildman–Crippen MR) is 88.5 cm³/mol. The van der Waals surface area contributed by atoms with Gasteiger partial charge in [0.15, 0.2) is 0 Å². The van der Waals surface area contributed by atoms with E-state index in [0.717, 1.165) is 0 Å². The standard InChI is InChI=1S/C17H27N3O4/c1-16(2,3)23-14(21)13-10-12(20-9-7-8-18-20)11-19(13)15(22)24-17(4,5)6/h7-9,12-13H,10-11H2,1-6H3/t12?,13-/m0/s1. The number of carbonyl (C=O) groups excluding carboxylic acids is 2. The van der Waals surface area contributed by atoms with E-state index in [-0.39, 0.29) is 6.04 Å². The summed E-state index contributed by atoms with van der Waals surface area (Å²) in [6.07, 6.45) is 3.46. The van der Waals surface area contributed by atoms with E-state index >= 15 is 0 Å². The fourth-order valence-corrected chi connectivity index (χ4v) is 2.62. The summed E-state index contributed by atoms with van der Waals surface area (Å²) in [4.78, 5) is 26.5. The number of amides is 1. The van der Waals surface area contributed by atoms with Gasteiger partial charge in [-0.05, 0) is 47.6 Å². The Hall–Kier alpha value is -2.05. The molecule has 1 saturated heterocycles. The molecule has 0 aromatic carbocycles. The summed E-state index contributed by atoms with van der Waals surface area (Å²) < 4.78 is 12.7. The van der Waals surface area contributed by atoms with Crippen molar-refractivity contribution in [1.29, 1.82) is 0 Å². The lowest BCUT2D eigenvalue weighted by Crippen LogP contribution is -2.45. The van der Waals surface area contributed by atoms with Crippen LogP contribution >= 0.6 is 0 Å². The fourth-order valence-electron chi connectivity index (χ4n) is 2.62. The van der Waals surface area contributed by atoms with Crippen LogP contribution in [0.3, 0.4) is 0 Å². The van der Waals surface area contributed by atoms with Gasteiger partial charge in [-0.15, -0.1) is 0 Å². The highest BCUT2D eigenvalue weighted by Gasteiger charge is 2.44. The van der Waals surface area contributed by atoms with E-state index in [1.54, 1.807) is 31.6 Å². The molecule has 0 radical (unpaired) electrons. The molecule has 1 unspecified atom stereocenters. The number of carbonyl (C=O) groups is 2. The van der Waals surface area contributed by atoms with Gasteiger partial charge in [-0.1, -0.05) is 0 Å². The van der Waals surface area contributed by atoms with Gasteiger partial charge in [0.1, 0.15) is 17.2 Å². The van der Waals surface area contributed by atoms with E-state index in [4.69, 9.17) is 9.47 Å². The molecule has 1 amide bonds. The van der Waals surface area contributed by atoms with Gasteiger partial charge >= 0.3 is 12.1 Å². The van der Waals surface area contributed by atoms with E-state index < -0.39 is 29.3 Å². The highest BCUT2D eigenvalue weighted by atomic mass is 16.6. The Balaban J connectivity index is 2.19. The summed E-state index contributed by atoms with van der Waals surface area (Å²) in [6.45, 7) is 11.2. The maximum absolute atomic E-state index is 12.6. The van der Waals surface area contributed by atoms with Gasteiger partial charge in [0, 0.05) is 25.4 Å². The topological polar surface area (TPSA) is 73.7 Å². The molecular formula is C17H27N3O4. The van der Waals surface area contributed by atoms with Gasteiger partial charge in [0.2, 0.25) is 0 Å². The average Bonchev–Trinajstić information content (AvgIpc) is 3.04. The van der Waals surface area contributed by atoms with E-state index in [9.17, 15) is 9.59 Å². The molecule has 24 heavy (non-hydrogen) atoms. The van der Waals surface area contributed by atoms with Crippen molar-refractivity contribution in [2.24, 2.45) is 0 Å². The first-order valence-electron chi connectivity index (χ1n) is 8.18. The number of esters is 1. The van der Waals surface area contributed by atoms with Gasteiger partial charge in [-0.3, -0.25) is 9.58 Å². The molecule has 1 aromatic rings. The highest BCUT2D eigenvalue weighted by Crippen LogP contribution is 2.30. The van der Waals surface area contributed by atoms with Crippen molar-refractivity contribution in [2.45, 2.75) is 71.2 Å². The van der Waals surface area contributed by atoms with E-state index in [0.29, 0.717) is 13.0 Å². The molecule has 1 aromatic heterocycles. The van der Waals surface area contributed by atoms with Crippen molar-refractivity contribution in [1.82, 2.24) is 14.7 Å². The molecule has 7 nitrogen and oxygen atoms in total. The lowest BCUT2D eigenvalue weighted by molar-refractivity contribution is -0.160. The zero-order chi connectivity index (χ0) is 18.1. The first kappa shape index (κ1) is 18.3. The van der Waals surface area contributed by atoms with E-state index in [1.165, 1.54) is 4.90 Å². The minimum atomic E-state index is -0.673. The molecular weight excluding hydrogens is 310 g/mol. The maximum atomic E-state index is 12.6. The number of ether oxygens (including phenoxy) is 2.